The molecule has 5 heteroatoms. The minimum absolute atomic E-state index is 0.0947. The van der Waals surface area contributed by atoms with Crippen molar-refractivity contribution in [3.63, 3.8) is 0 Å². The second-order valence-corrected chi connectivity index (χ2v) is 22.2. The van der Waals surface area contributed by atoms with Crippen LogP contribution in [0, 0.1) is 0 Å². The summed E-state index contributed by atoms with van der Waals surface area (Å²) in [5, 5.41) is 13.9. The summed E-state index contributed by atoms with van der Waals surface area (Å²) in [6, 6.07) is 67.1. The molecular formula is C66H60N4O. The van der Waals surface area contributed by atoms with Crippen molar-refractivity contribution in [3.8, 4) is 73.2 Å². The van der Waals surface area contributed by atoms with E-state index in [0.29, 0.717) is 11.4 Å². The zero-order chi connectivity index (χ0) is 49.4. The molecule has 3 aromatic heterocycles. The summed E-state index contributed by atoms with van der Waals surface area (Å²) in [5.74, 6) is 0.881. The smallest absolute Gasteiger partial charge is 0.149 e. The Balaban J connectivity index is 1.09. The molecule has 0 unspecified atom stereocenters. The lowest BCUT2D eigenvalue weighted by molar-refractivity contribution is 0.477. The van der Waals surface area contributed by atoms with E-state index >= 15 is 0 Å². The number of para-hydroxylation sites is 3. The van der Waals surface area contributed by atoms with Crippen LogP contribution in [0.5, 0.6) is 5.75 Å². The molecule has 8 aromatic carbocycles. The van der Waals surface area contributed by atoms with E-state index in [1.165, 1.54) is 38.6 Å². The van der Waals surface area contributed by atoms with Gasteiger partial charge in [-0.25, -0.2) is 4.98 Å². The van der Waals surface area contributed by atoms with E-state index in [9.17, 15) is 5.11 Å². The van der Waals surface area contributed by atoms with Crippen molar-refractivity contribution < 1.29 is 5.11 Å². The van der Waals surface area contributed by atoms with E-state index in [4.69, 9.17) is 9.97 Å². The van der Waals surface area contributed by atoms with Crippen LogP contribution >= 0.6 is 0 Å². The first-order chi connectivity index (χ1) is 34.0. The van der Waals surface area contributed by atoms with E-state index in [2.05, 4.69) is 235 Å². The fraction of sp³-hybridized carbons (Fsp3) is 0.182. The summed E-state index contributed by atoms with van der Waals surface area (Å²) in [6.45, 7) is 20.4. The molecule has 71 heavy (non-hydrogen) atoms. The van der Waals surface area contributed by atoms with Gasteiger partial charge in [-0.2, -0.15) is 0 Å². The summed E-state index contributed by atoms with van der Waals surface area (Å²) in [5.41, 5.74) is 18.9. The molecule has 0 spiro atoms. The number of aromatic hydroxyl groups is 1. The van der Waals surface area contributed by atoms with Crippen LogP contribution in [0.25, 0.3) is 100 Å². The van der Waals surface area contributed by atoms with Crippen LogP contribution in [0.4, 0.5) is 0 Å². The highest BCUT2D eigenvalue weighted by atomic mass is 16.3. The van der Waals surface area contributed by atoms with Gasteiger partial charge in [0.15, 0.2) is 0 Å². The first-order valence-electron chi connectivity index (χ1n) is 24.8. The molecule has 5 nitrogen and oxygen atoms in total. The Morgan fingerprint density at radius 1 is 0.394 bits per heavy atom. The zero-order valence-corrected chi connectivity index (χ0v) is 42.2. The van der Waals surface area contributed by atoms with Gasteiger partial charge < -0.3 is 9.67 Å². The van der Waals surface area contributed by atoms with Gasteiger partial charge >= 0.3 is 0 Å². The molecule has 1 N–H and O–H groups in total. The molecule has 0 saturated heterocycles. The van der Waals surface area contributed by atoms with Gasteiger partial charge in [0, 0.05) is 39.5 Å². The van der Waals surface area contributed by atoms with Crippen LogP contribution in [0.1, 0.15) is 79.0 Å². The number of phenolic OH excluding ortho intramolecular Hbond substituents is 1. The Bertz CT molecular complexity index is 3800. The van der Waals surface area contributed by atoms with Gasteiger partial charge in [0.05, 0.1) is 33.3 Å². The monoisotopic (exact) mass is 924 g/mol. The Hall–Kier alpha value is -8.02. The van der Waals surface area contributed by atoms with Gasteiger partial charge in [-0.15, -0.1) is 0 Å². The largest absolute Gasteiger partial charge is 0.507 e. The lowest BCUT2D eigenvalue weighted by atomic mass is 9.80. The lowest BCUT2D eigenvalue weighted by Crippen LogP contribution is -2.17. The van der Waals surface area contributed by atoms with Crippen molar-refractivity contribution >= 4 is 32.8 Å². The molecule has 350 valence electrons. The van der Waals surface area contributed by atoms with Crippen molar-refractivity contribution in [1.29, 1.82) is 0 Å². The van der Waals surface area contributed by atoms with Crippen LogP contribution < -0.4 is 0 Å². The van der Waals surface area contributed by atoms with Crippen LogP contribution in [-0.4, -0.2) is 24.2 Å². The van der Waals surface area contributed by atoms with E-state index in [1.807, 2.05) is 24.4 Å². The first kappa shape index (κ1) is 45.4. The van der Waals surface area contributed by atoms with E-state index in [1.54, 1.807) is 6.07 Å². The van der Waals surface area contributed by atoms with Gasteiger partial charge in [-0.3, -0.25) is 9.55 Å². The van der Waals surface area contributed by atoms with Gasteiger partial charge in [-0.05, 0) is 140 Å². The normalized spacial score (nSPS) is 12.4. The second kappa shape index (κ2) is 17.1. The van der Waals surface area contributed by atoms with Crippen molar-refractivity contribution in [2.75, 3.05) is 0 Å². The molecule has 0 radical (unpaired) electrons. The first-order valence-corrected chi connectivity index (χ1v) is 24.8. The lowest BCUT2D eigenvalue weighted by Gasteiger charge is -2.27. The minimum Gasteiger partial charge on any atom is -0.507 e. The fourth-order valence-corrected chi connectivity index (χ4v) is 10.2. The topological polar surface area (TPSA) is 55.9 Å². The molecule has 0 aliphatic heterocycles. The average Bonchev–Trinajstić information content (AvgIpc) is 3.92. The molecule has 0 saturated carbocycles. The number of nitrogens with zero attached hydrogens (tertiary/aromatic N) is 4. The van der Waals surface area contributed by atoms with E-state index in [-0.39, 0.29) is 22.0 Å². The fourth-order valence-electron chi connectivity index (χ4n) is 10.2. The average molecular weight is 925 g/mol. The number of imidazole rings is 1. The number of phenols is 1. The maximum Gasteiger partial charge on any atom is 0.149 e. The highest BCUT2D eigenvalue weighted by molar-refractivity contribution is 6.16. The predicted octanol–water partition coefficient (Wildman–Crippen LogP) is 17.5. The molecule has 0 aliphatic carbocycles. The molecule has 0 atom stereocenters. The zero-order valence-electron chi connectivity index (χ0n) is 42.2. The molecule has 0 aliphatic rings. The summed E-state index contributed by atoms with van der Waals surface area (Å²) >= 11 is 0. The third-order valence-corrected chi connectivity index (χ3v) is 14.1. The van der Waals surface area contributed by atoms with Crippen LogP contribution in [-0.2, 0) is 16.2 Å². The molecule has 0 amide bonds. The van der Waals surface area contributed by atoms with Gasteiger partial charge in [0.2, 0.25) is 0 Å². The Labute approximate surface area is 417 Å². The number of hydrogen-bond donors (Lipinski definition) is 1. The quantitative estimate of drug-likeness (QED) is 0.173. The number of aromatic nitrogens is 4. The standard InChI is InChI=1S/C66H60N4O/c1-64(2,3)47-35-45(53-27-19-30-59-62(53)68-63(55-25-14-16-31-60(55)71)70(59)51-40-48(65(4,5)6)39-49(41-51)66(7,8)9)34-46(36-47)56-38-44(32-33-67-56)52-26-18-29-58-61(52)54-24-13-15-28-57(54)69(58)50-23-17-22-43(37-50)42-20-11-10-12-21-42/h10-41,71H,1-9H3. The number of pyridine rings is 1. The maximum absolute atomic E-state index is 11.5. The van der Waals surface area contributed by atoms with Gasteiger partial charge in [0.25, 0.3) is 0 Å². The Morgan fingerprint density at radius 3 is 1.72 bits per heavy atom. The highest BCUT2D eigenvalue weighted by Crippen LogP contribution is 2.43. The molecule has 11 rings (SSSR count). The second-order valence-electron chi connectivity index (χ2n) is 22.2. The number of benzene rings is 8. The summed E-state index contributed by atoms with van der Waals surface area (Å²) in [6.07, 6.45) is 1.95. The van der Waals surface area contributed by atoms with Crippen molar-refractivity contribution in [2.24, 2.45) is 0 Å². The van der Waals surface area contributed by atoms with Crippen molar-refractivity contribution in [3.05, 3.63) is 211 Å². The van der Waals surface area contributed by atoms with E-state index in [0.717, 1.165) is 67.0 Å². The maximum atomic E-state index is 11.5. The molecule has 11 aromatic rings. The number of hydrogen-bond acceptors (Lipinski definition) is 3. The summed E-state index contributed by atoms with van der Waals surface area (Å²) in [7, 11) is 0. The van der Waals surface area contributed by atoms with Crippen LogP contribution in [0.3, 0.4) is 0 Å². The third kappa shape index (κ3) is 8.29. The Kier molecular flexibility index (Phi) is 11.0. The third-order valence-electron chi connectivity index (χ3n) is 14.1. The molecular weight excluding hydrogens is 865 g/mol. The number of rotatable bonds is 7. The molecule has 3 heterocycles. The summed E-state index contributed by atoms with van der Waals surface area (Å²) in [4.78, 5) is 10.6. The van der Waals surface area contributed by atoms with Crippen molar-refractivity contribution in [1.82, 2.24) is 19.1 Å². The van der Waals surface area contributed by atoms with Gasteiger partial charge in [0.1, 0.15) is 11.6 Å². The van der Waals surface area contributed by atoms with Crippen molar-refractivity contribution in [2.45, 2.75) is 78.6 Å². The SMILES string of the molecule is CC(C)(C)c1cc(-c2cc(-c3cccc4c3c3ccccc3n4-c3cccc(-c4ccccc4)c3)ccn2)cc(-c2cccc3c2nc(-c2ccccc2O)n3-c2cc(C(C)(C)C)cc(C(C)(C)C)c2)c1. The Morgan fingerprint density at radius 2 is 0.986 bits per heavy atom. The van der Waals surface area contributed by atoms with Crippen LogP contribution in [0.15, 0.2) is 194 Å². The van der Waals surface area contributed by atoms with Crippen LogP contribution in [0.2, 0.25) is 0 Å². The highest BCUT2D eigenvalue weighted by Gasteiger charge is 2.26. The molecule has 0 bridgehead atoms. The number of fused-ring (bicyclic) bond motifs is 4. The minimum atomic E-state index is -0.168. The molecule has 0 fully saturated rings. The van der Waals surface area contributed by atoms with Gasteiger partial charge in [-0.1, -0.05) is 172 Å². The summed E-state index contributed by atoms with van der Waals surface area (Å²) < 4.78 is 4.65. The predicted molar refractivity (Wildman–Crippen MR) is 298 cm³/mol. The van der Waals surface area contributed by atoms with E-state index < -0.39 is 0 Å².